The van der Waals surface area contributed by atoms with Gasteiger partial charge in [0.25, 0.3) is 0 Å². The van der Waals surface area contributed by atoms with Crippen molar-refractivity contribution in [3.8, 4) is 11.1 Å². The first-order valence-corrected chi connectivity index (χ1v) is 5.89. The van der Waals surface area contributed by atoms with Gasteiger partial charge in [-0.1, -0.05) is 35.9 Å². The molecule has 0 atom stereocenters. The fourth-order valence-electron chi connectivity index (χ4n) is 2.03. The number of benzene rings is 2. The minimum atomic E-state index is -4.34. The van der Waals surface area contributed by atoms with Crippen LogP contribution in [0.15, 0.2) is 42.5 Å². The minimum Gasteiger partial charge on any atom is -0.326 e. The third kappa shape index (κ3) is 2.96. The minimum absolute atomic E-state index is 0.0766. The Kier molecular flexibility index (Phi) is 3.62. The average Bonchev–Trinajstić information content (AvgIpc) is 2.37. The van der Waals surface area contributed by atoms with Crippen LogP contribution in [0.1, 0.15) is 16.7 Å². The van der Waals surface area contributed by atoms with Crippen LogP contribution in [0, 0.1) is 6.92 Å². The van der Waals surface area contributed by atoms with Crippen LogP contribution in [-0.2, 0) is 12.7 Å². The fourth-order valence-corrected chi connectivity index (χ4v) is 2.03. The highest BCUT2D eigenvalue weighted by Crippen LogP contribution is 2.33. The molecule has 0 amide bonds. The average molecular weight is 265 g/mol. The van der Waals surface area contributed by atoms with Crippen molar-refractivity contribution < 1.29 is 13.2 Å². The molecule has 2 N–H and O–H groups in total. The normalized spacial score (nSPS) is 11.6. The first kappa shape index (κ1) is 13.6. The number of nitrogens with two attached hydrogens (primary N) is 1. The molecule has 2 aromatic carbocycles. The van der Waals surface area contributed by atoms with Gasteiger partial charge in [0.2, 0.25) is 0 Å². The van der Waals surface area contributed by atoms with Gasteiger partial charge in [0.1, 0.15) is 0 Å². The molecule has 0 aliphatic carbocycles. The van der Waals surface area contributed by atoms with Crippen LogP contribution in [0.3, 0.4) is 0 Å². The van der Waals surface area contributed by atoms with Crippen molar-refractivity contribution in [2.75, 3.05) is 0 Å². The molecule has 2 rings (SSSR count). The first-order chi connectivity index (χ1) is 8.91. The zero-order valence-corrected chi connectivity index (χ0v) is 10.5. The molecular formula is C15H14F3N. The standard InChI is InChI=1S/C15H14F3N/c1-10-3-2-4-11(7-10)14-6-5-13(15(16,17)18)8-12(14)9-19/h2-8H,9,19H2,1H3. The third-order valence-electron chi connectivity index (χ3n) is 2.98. The number of rotatable bonds is 2. The molecule has 2 aromatic rings. The molecular weight excluding hydrogens is 251 g/mol. The summed E-state index contributed by atoms with van der Waals surface area (Å²) in [5, 5.41) is 0. The quantitative estimate of drug-likeness (QED) is 0.867. The van der Waals surface area contributed by atoms with Crippen molar-refractivity contribution in [3.05, 3.63) is 59.2 Å². The van der Waals surface area contributed by atoms with E-state index in [2.05, 4.69) is 0 Å². The Morgan fingerprint density at radius 3 is 2.37 bits per heavy atom. The largest absolute Gasteiger partial charge is 0.416 e. The number of halogens is 3. The maximum Gasteiger partial charge on any atom is 0.416 e. The summed E-state index contributed by atoms with van der Waals surface area (Å²) in [6.07, 6.45) is -4.34. The van der Waals surface area contributed by atoms with Gasteiger partial charge in [0.15, 0.2) is 0 Å². The topological polar surface area (TPSA) is 26.0 Å². The van der Waals surface area contributed by atoms with Crippen LogP contribution >= 0.6 is 0 Å². The molecule has 100 valence electrons. The lowest BCUT2D eigenvalue weighted by Gasteiger charge is -2.13. The molecule has 0 bridgehead atoms. The Bertz CT molecular complexity index is 588. The third-order valence-corrected chi connectivity index (χ3v) is 2.98. The highest BCUT2D eigenvalue weighted by Gasteiger charge is 2.30. The molecule has 0 aromatic heterocycles. The van der Waals surface area contributed by atoms with Crippen LogP contribution in [0.25, 0.3) is 11.1 Å². The lowest BCUT2D eigenvalue weighted by molar-refractivity contribution is -0.137. The van der Waals surface area contributed by atoms with Crippen molar-refractivity contribution in [1.29, 1.82) is 0 Å². The van der Waals surface area contributed by atoms with Crippen LogP contribution in [0.2, 0.25) is 0 Å². The molecule has 0 unspecified atom stereocenters. The summed E-state index contributed by atoms with van der Waals surface area (Å²) >= 11 is 0. The summed E-state index contributed by atoms with van der Waals surface area (Å²) in [5.41, 5.74) is 8.10. The predicted molar refractivity (Wildman–Crippen MR) is 69.5 cm³/mol. The maximum absolute atomic E-state index is 12.7. The predicted octanol–water partition coefficient (Wildman–Crippen LogP) is 4.14. The second-order valence-corrected chi connectivity index (χ2v) is 4.44. The molecule has 0 spiro atoms. The van der Waals surface area contributed by atoms with Gasteiger partial charge in [-0.2, -0.15) is 13.2 Å². The van der Waals surface area contributed by atoms with Crippen molar-refractivity contribution >= 4 is 0 Å². The van der Waals surface area contributed by atoms with E-state index in [0.717, 1.165) is 28.8 Å². The van der Waals surface area contributed by atoms with Gasteiger partial charge < -0.3 is 5.73 Å². The summed E-state index contributed by atoms with van der Waals surface area (Å²) < 4.78 is 38.0. The smallest absolute Gasteiger partial charge is 0.326 e. The van der Waals surface area contributed by atoms with Gasteiger partial charge in [0.05, 0.1) is 5.56 Å². The van der Waals surface area contributed by atoms with E-state index >= 15 is 0 Å². The summed E-state index contributed by atoms with van der Waals surface area (Å²) in [6, 6.07) is 11.3. The van der Waals surface area contributed by atoms with Crippen LogP contribution in [0.4, 0.5) is 13.2 Å². The van der Waals surface area contributed by atoms with E-state index < -0.39 is 11.7 Å². The van der Waals surface area contributed by atoms with Crippen molar-refractivity contribution in [2.45, 2.75) is 19.6 Å². The summed E-state index contributed by atoms with van der Waals surface area (Å²) in [7, 11) is 0. The summed E-state index contributed by atoms with van der Waals surface area (Å²) in [4.78, 5) is 0. The van der Waals surface area contributed by atoms with Gasteiger partial charge in [-0.3, -0.25) is 0 Å². The molecule has 4 heteroatoms. The van der Waals surface area contributed by atoms with E-state index in [4.69, 9.17) is 5.73 Å². The van der Waals surface area contributed by atoms with Crippen LogP contribution < -0.4 is 5.73 Å². The lowest BCUT2D eigenvalue weighted by Crippen LogP contribution is -2.08. The number of hydrogen-bond donors (Lipinski definition) is 1. The first-order valence-electron chi connectivity index (χ1n) is 5.89. The van der Waals surface area contributed by atoms with E-state index in [0.29, 0.717) is 5.56 Å². The fraction of sp³-hybridized carbons (Fsp3) is 0.200. The van der Waals surface area contributed by atoms with E-state index in [9.17, 15) is 13.2 Å². The number of alkyl halides is 3. The van der Waals surface area contributed by atoms with Crippen molar-refractivity contribution in [1.82, 2.24) is 0 Å². The zero-order valence-electron chi connectivity index (χ0n) is 10.5. The van der Waals surface area contributed by atoms with E-state index in [-0.39, 0.29) is 6.54 Å². The van der Waals surface area contributed by atoms with Gasteiger partial charge >= 0.3 is 6.18 Å². The molecule has 0 aliphatic rings. The lowest BCUT2D eigenvalue weighted by atomic mass is 9.96. The monoisotopic (exact) mass is 265 g/mol. The molecule has 0 radical (unpaired) electrons. The molecule has 0 aliphatic heterocycles. The molecule has 0 heterocycles. The zero-order chi connectivity index (χ0) is 14.0. The number of hydrogen-bond acceptors (Lipinski definition) is 1. The molecule has 19 heavy (non-hydrogen) atoms. The van der Waals surface area contributed by atoms with Crippen molar-refractivity contribution in [2.24, 2.45) is 5.73 Å². The van der Waals surface area contributed by atoms with Crippen LogP contribution in [0.5, 0.6) is 0 Å². The summed E-state index contributed by atoms with van der Waals surface area (Å²) in [5.74, 6) is 0. The Labute approximate surface area is 109 Å². The van der Waals surface area contributed by atoms with Gasteiger partial charge in [0, 0.05) is 6.54 Å². The van der Waals surface area contributed by atoms with Gasteiger partial charge in [-0.05, 0) is 35.7 Å². The molecule has 0 saturated heterocycles. The SMILES string of the molecule is Cc1cccc(-c2ccc(C(F)(F)F)cc2CN)c1. The van der Waals surface area contributed by atoms with Gasteiger partial charge in [-0.15, -0.1) is 0 Å². The molecule has 0 fully saturated rings. The summed E-state index contributed by atoms with van der Waals surface area (Å²) in [6.45, 7) is 2.02. The molecule has 0 saturated carbocycles. The highest BCUT2D eigenvalue weighted by atomic mass is 19.4. The van der Waals surface area contributed by atoms with Gasteiger partial charge in [-0.25, -0.2) is 0 Å². The van der Waals surface area contributed by atoms with Crippen molar-refractivity contribution in [3.63, 3.8) is 0 Å². The van der Waals surface area contributed by atoms with E-state index in [1.807, 2.05) is 31.2 Å². The van der Waals surface area contributed by atoms with Crippen LogP contribution in [-0.4, -0.2) is 0 Å². The Hall–Kier alpha value is -1.81. The van der Waals surface area contributed by atoms with E-state index in [1.165, 1.54) is 6.07 Å². The van der Waals surface area contributed by atoms with E-state index in [1.54, 1.807) is 0 Å². The molecule has 1 nitrogen and oxygen atoms in total. The Morgan fingerprint density at radius 1 is 1.05 bits per heavy atom. The number of aryl methyl sites for hydroxylation is 1. The second-order valence-electron chi connectivity index (χ2n) is 4.44. The second kappa shape index (κ2) is 5.05. The highest BCUT2D eigenvalue weighted by molar-refractivity contribution is 5.68. The Balaban J connectivity index is 2.53. The Morgan fingerprint density at radius 2 is 1.79 bits per heavy atom. The maximum atomic E-state index is 12.7.